The zero-order valence-electron chi connectivity index (χ0n) is 11.2. The Morgan fingerprint density at radius 2 is 2.06 bits per heavy atom. The van der Waals surface area contributed by atoms with Crippen molar-refractivity contribution in [2.75, 3.05) is 6.54 Å². The van der Waals surface area contributed by atoms with Crippen LogP contribution in [-0.4, -0.2) is 18.2 Å². The zero-order chi connectivity index (χ0) is 12.1. The first-order chi connectivity index (χ1) is 8.24. The van der Waals surface area contributed by atoms with Crippen LogP contribution >= 0.6 is 0 Å². The monoisotopic (exact) mass is 237 g/mol. The van der Waals surface area contributed by atoms with Crippen LogP contribution in [-0.2, 0) is 4.74 Å². The first kappa shape index (κ1) is 13.1. The molecule has 2 N–H and O–H groups in total. The van der Waals surface area contributed by atoms with Crippen LogP contribution in [0.15, 0.2) is 11.6 Å². The fraction of sp³-hybridized carbons (Fsp3) is 0.867. The molecule has 1 aliphatic heterocycles. The van der Waals surface area contributed by atoms with Crippen LogP contribution < -0.4 is 5.73 Å². The fourth-order valence-corrected chi connectivity index (χ4v) is 3.38. The van der Waals surface area contributed by atoms with Gasteiger partial charge in [-0.3, -0.25) is 0 Å². The van der Waals surface area contributed by atoms with Crippen molar-refractivity contribution >= 4 is 0 Å². The molecule has 2 aliphatic rings. The van der Waals surface area contributed by atoms with Crippen LogP contribution in [0.4, 0.5) is 0 Å². The van der Waals surface area contributed by atoms with Crippen molar-refractivity contribution in [3.63, 3.8) is 0 Å². The van der Waals surface area contributed by atoms with Crippen molar-refractivity contribution in [2.45, 2.75) is 76.4 Å². The topological polar surface area (TPSA) is 35.2 Å². The number of nitrogens with two attached hydrogens (primary N) is 1. The summed E-state index contributed by atoms with van der Waals surface area (Å²) in [5.74, 6) is 0. The van der Waals surface area contributed by atoms with Crippen LogP contribution in [0.1, 0.15) is 64.7 Å². The number of hydrogen-bond donors (Lipinski definition) is 1. The quantitative estimate of drug-likeness (QED) is 0.759. The molecule has 1 saturated heterocycles. The molecule has 1 atom stereocenters. The van der Waals surface area contributed by atoms with Gasteiger partial charge >= 0.3 is 0 Å². The molecule has 1 heterocycles. The molecule has 2 nitrogen and oxygen atoms in total. The maximum Gasteiger partial charge on any atom is 0.0687 e. The molecule has 98 valence electrons. The van der Waals surface area contributed by atoms with Gasteiger partial charge in [-0.2, -0.15) is 0 Å². The lowest BCUT2D eigenvalue weighted by atomic mass is 9.83. The summed E-state index contributed by atoms with van der Waals surface area (Å²) in [5.41, 5.74) is 7.25. The average molecular weight is 237 g/mol. The van der Waals surface area contributed by atoms with Crippen LogP contribution in [0.25, 0.3) is 0 Å². The van der Waals surface area contributed by atoms with Crippen LogP contribution in [0.5, 0.6) is 0 Å². The summed E-state index contributed by atoms with van der Waals surface area (Å²) in [6, 6.07) is 0. The maximum atomic E-state index is 6.37. The Morgan fingerprint density at radius 1 is 1.29 bits per heavy atom. The molecule has 0 aromatic heterocycles. The molecule has 1 spiro atoms. The summed E-state index contributed by atoms with van der Waals surface area (Å²) in [6.45, 7) is 2.97. The lowest BCUT2D eigenvalue weighted by Crippen LogP contribution is -2.31. The van der Waals surface area contributed by atoms with Crippen LogP contribution in [0.3, 0.4) is 0 Å². The van der Waals surface area contributed by atoms with Crippen LogP contribution in [0, 0.1) is 0 Å². The van der Waals surface area contributed by atoms with E-state index < -0.39 is 0 Å². The second-order valence-corrected chi connectivity index (χ2v) is 5.85. The van der Waals surface area contributed by atoms with E-state index in [0.29, 0.717) is 6.10 Å². The van der Waals surface area contributed by atoms with E-state index in [-0.39, 0.29) is 5.60 Å². The van der Waals surface area contributed by atoms with E-state index in [0.717, 1.165) is 19.4 Å². The summed E-state index contributed by atoms with van der Waals surface area (Å²) in [6.07, 6.45) is 14.2. The minimum atomic E-state index is 0.275. The molecule has 1 saturated carbocycles. The molecule has 2 fully saturated rings. The van der Waals surface area contributed by atoms with Crippen molar-refractivity contribution in [1.29, 1.82) is 0 Å². The van der Waals surface area contributed by atoms with E-state index in [9.17, 15) is 0 Å². The largest absolute Gasteiger partial charge is 0.371 e. The maximum absolute atomic E-state index is 6.37. The fourth-order valence-electron chi connectivity index (χ4n) is 3.38. The Bertz CT molecular complexity index is 266. The van der Waals surface area contributed by atoms with Gasteiger partial charge in [0.1, 0.15) is 0 Å². The van der Waals surface area contributed by atoms with Gasteiger partial charge in [-0.1, -0.05) is 30.9 Å². The van der Waals surface area contributed by atoms with Gasteiger partial charge in [-0.05, 0) is 52.0 Å². The lowest BCUT2D eigenvalue weighted by molar-refractivity contribution is -0.0628. The lowest BCUT2D eigenvalue weighted by Gasteiger charge is -2.33. The summed E-state index contributed by atoms with van der Waals surface area (Å²) < 4.78 is 6.37. The molecule has 0 amide bonds. The minimum absolute atomic E-state index is 0.275. The van der Waals surface area contributed by atoms with E-state index in [1.165, 1.54) is 50.5 Å². The summed E-state index contributed by atoms with van der Waals surface area (Å²) in [5, 5.41) is 0. The normalized spacial score (nSPS) is 28.8. The molecule has 1 aliphatic carbocycles. The number of rotatable bonds is 4. The van der Waals surface area contributed by atoms with E-state index in [4.69, 9.17) is 10.5 Å². The Hall–Kier alpha value is -0.340. The third-order valence-electron chi connectivity index (χ3n) is 4.31. The summed E-state index contributed by atoms with van der Waals surface area (Å²) >= 11 is 0. The summed E-state index contributed by atoms with van der Waals surface area (Å²) in [4.78, 5) is 0. The highest BCUT2D eigenvalue weighted by Crippen LogP contribution is 2.43. The van der Waals surface area contributed by atoms with E-state index >= 15 is 0 Å². The predicted molar refractivity (Wildman–Crippen MR) is 72.0 cm³/mol. The van der Waals surface area contributed by atoms with Crippen molar-refractivity contribution in [2.24, 2.45) is 5.73 Å². The van der Waals surface area contributed by atoms with Gasteiger partial charge in [0.05, 0.1) is 11.7 Å². The Balaban J connectivity index is 1.81. The molecule has 0 radical (unpaired) electrons. The molecule has 1 unspecified atom stereocenters. The minimum Gasteiger partial charge on any atom is -0.371 e. The highest BCUT2D eigenvalue weighted by atomic mass is 16.5. The molecule has 17 heavy (non-hydrogen) atoms. The third-order valence-corrected chi connectivity index (χ3v) is 4.31. The van der Waals surface area contributed by atoms with Crippen LogP contribution in [0.2, 0.25) is 0 Å². The summed E-state index contributed by atoms with van der Waals surface area (Å²) in [7, 11) is 0. The van der Waals surface area contributed by atoms with Gasteiger partial charge < -0.3 is 10.5 Å². The number of ether oxygens (including phenoxy) is 1. The van der Waals surface area contributed by atoms with Gasteiger partial charge in [-0.25, -0.2) is 0 Å². The van der Waals surface area contributed by atoms with Gasteiger partial charge in [0.15, 0.2) is 0 Å². The van der Waals surface area contributed by atoms with E-state index in [1.807, 2.05) is 0 Å². The first-order valence-corrected chi connectivity index (χ1v) is 7.28. The van der Waals surface area contributed by atoms with E-state index in [2.05, 4.69) is 13.0 Å². The van der Waals surface area contributed by atoms with Gasteiger partial charge in [-0.15, -0.1) is 0 Å². The van der Waals surface area contributed by atoms with Crippen molar-refractivity contribution in [3.05, 3.63) is 11.6 Å². The van der Waals surface area contributed by atoms with Gasteiger partial charge in [0, 0.05) is 0 Å². The highest BCUT2D eigenvalue weighted by molar-refractivity contribution is 5.02. The predicted octanol–water partition coefficient (Wildman–Crippen LogP) is 3.55. The van der Waals surface area contributed by atoms with Gasteiger partial charge in [0.25, 0.3) is 0 Å². The molecule has 0 aromatic carbocycles. The van der Waals surface area contributed by atoms with Gasteiger partial charge in [0.2, 0.25) is 0 Å². The first-order valence-electron chi connectivity index (χ1n) is 7.28. The molecular formula is C15H27NO. The molecule has 0 bridgehead atoms. The molecule has 2 rings (SSSR count). The van der Waals surface area contributed by atoms with Crippen molar-refractivity contribution in [1.82, 2.24) is 0 Å². The second kappa shape index (κ2) is 6.01. The Labute approximate surface area is 106 Å². The second-order valence-electron chi connectivity index (χ2n) is 5.85. The van der Waals surface area contributed by atoms with Crippen molar-refractivity contribution < 1.29 is 4.74 Å². The highest BCUT2D eigenvalue weighted by Gasteiger charge is 2.40. The zero-order valence-corrected chi connectivity index (χ0v) is 11.2. The smallest absolute Gasteiger partial charge is 0.0687 e. The Kier molecular flexibility index (Phi) is 4.63. The Morgan fingerprint density at radius 3 is 2.76 bits per heavy atom. The molecule has 2 heteroatoms. The SMILES string of the molecule is CC(=CCCN)CC1CCC2(CCCCC2)O1. The average Bonchev–Trinajstić information content (AvgIpc) is 2.70. The van der Waals surface area contributed by atoms with Crippen molar-refractivity contribution in [3.8, 4) is 0 Å². The third kappa shape index (κ3) is 3.56. The molecule has 0 aromatic rings. The van der Waals surface area contributed by atoms with E-state index in [1.54, 1.807) is 0 Å². The standard InChI is InChI=1S/C15H27NO/c1-13(6-5-11-16)12-14-7-10-15(17-14)8-3-2-4-9-15/h6,14H,2-5,7-12,16H2,1H3. The molecular weight excluding hydrogens is 210 g/mol. The number of hydrogen-bond acceptors (Lipinski definition) is 2.